The van der Waals surface area contributed by atoms with Crippen LogP contribution in [0, 0.1) is 6.92 Å². The van der Waals surface area contributed by atoms with Gasteiger partial charge in [-0.25, -0.2) is 0 Å². The summed E-state index contributed by atoms with van der Waals surface area (Å²) in [5.41, 5.74) is 2.79. The van der Waals surface area contributed by atoms with Crippen molar-refractivity contribution in [3.63, 3.8) is 0 Å². The molecule has 0 unspecified atom stereocenters. The lowest BCUT2D eigenvalue weighted by Gasteiger charge is -2.44. The van der Waals surface area contributed by atoms with Crippen LogP contribution in [0.15, 0.2) is 18.2 Å². The summed E-state index contributed by atoms with van der Waals surface area (Å²) >= 11 is 0. The summed E-state index contributed by atoms with van der Waals surface area (Å²) in [6.45, 7) is 9.89. The van der Waals surface area contributed by atoms with Crippen molar-refractivity contribution in [2.75, 3.05) is 31.6 Å². The summed E-state index contributed by atoms with van der Waals surface area (Å²) in [6, 6.07) is 6.49. The van der Waals surface area contributed by atoms with E-state index in [1.54, 1.807) is 7.11 Å². The molecule has 1 fully saturated rings. The summed E-state index contributed by atoms with van der Waals surface area (Å²) in [4.78, 5) is 2.50. The molecule has 0 spiro atoms. The largest absolute Gasteiger partial charge is 0.496 e. The Balaban J connectivity index is 2.19. The number of nitrogens with zero attached hydrogens (tertiary/aromatic N) is 1. The van der Waals surface area contributed by atoms with E-state index < -0.39 is 0 Å². The SMILES string of the molecule is CCC1(CC)CN(c2ccc(OC)c(C)c2)CCN1. The maximum atomic E-state index is 5.34. The number of rotatable bonds is 4. The fourth-order valence-electron chi connectivity index (χ4n) is 2.96. The molecular formula is C16H26N2O. The third kappa shape index (κ3) is 2.86. The lowest BCUT2D eigenvalue weighted by molar-refractivity contribution is 0.277. The third-order valence-corrected chi connectivity index (χ3v) is 4.47. The van der Waals surface area contributed by atoms with Crippen LogP contribution < -0.4 is 15.0 Å². The molecule has 0 saturated carbocycles. The van der Waals surface area contributed by atoms with Gasteiger partial charge in [-0.05, 0) is 43.5 Å². The van der Waals surface area contributed by atoms with Gasteiger partial charge < -0.3 is 15.0 Å². The van der Waals surface area contributed by atoms with Gasteiger partial charge >= 0.3 is 0 Å². The van der Waals surface area contributed by atoms with E-state index in [1.165, 1.54) is 24.1 Å². The van der Waals surface area contributed by atoms with Crippen LogP contribution in [-0.4, -0.2) is 32.3 Å². The summed E-state index contributed by atoms with van der Waals surface area (Å²) in [5, 5.41) is 3.70. The molecule has 1 heterocycles. The van der Waals surface area contributed by atoms with Crippen LogP contribution in [0.25, 0.3) is 0 Å². The summed E-state index contributed by atoms with van der Waals surface area (Å²) in [7, 11) is 1.73. The van der Waals surface area contributed by atoms with Crippen molar-refractivity contribution >= 4 is 5.69 Å². The minimum atomic E-state index is 0.270. The van der Waals surface area contributed by atoms with Gasteiger partial charge in [-0.3, -0.25) is 0 Å². The highest BCUT2D eigenvalue weighted by Crippen LogP contribution is 2.28. The Morgan fingerprint density at radius 1 is 1.32 bits per heavy atom. The maximum absolute atomic E-state index is 5.34. The fourth-order valence-corrected chi connectivity index (χ4v) is 2.96. The summed E-state index contributed by atoms with van der Waals surface area (Å²) < 4.78 is 5.34. The number of aryl methyl sites for hydroxylation is 1. The highest BCUT2D eigenvalue weighted by atomic mass is 16.5. The molecule has 19 heavy (non-hydrogen) atoms. The van der Waals surface area contributed by atoms with E-state index in [0.717, 1.165) is 25.4 Å². The average Bonchev–Trinajstić information content (AvgIpc) is 2.47. The molecule has 106 valence electrons. The van der Waals surface area contributed by atoms with Crippen LogP contribution >= 0.6 is 0 Å². The lowest BCUT2D eigenvalue weighted by Crippen LogP contribution is -2.60. The zero-order valence-electron chi connectivity index (χ0n) is 12.6. The molecule has 1 aliphatic heterocycles. The molecule has 0 atom stereocenters. The number of ether oxygens (including phenoxy) is 1. The fraction of sp³-hybridized carbons (Fsp3) is 0.625. The minimum Gasteiger partial charge on any atom is -0.496 e. The van der Waals surface area contributed by atoms with Crippen LogP contribution in [0.3, 0.4) is 0 Å². The quantitative estimate of drug-likeness (QED) is 0.903. The number of benzene rings is 1. The first-order valence-corrected chi connectivity index (χ1v) is 7.28. The van der Waals surface area contributed by atoms with E-state index in [0.29, 0.717) is 0 Å². The van der Waals surface area contributed by atoms with E-state index in [1.807, 2.05) is 0 Å². The van der Waals surface area contributed by atoms with Gasteiger partial charge in [0.2, 0.25) is 0 Å². The van der Waals surface area contributed by atoms with E-state index in [-0.39, 0.29) is 5.54 Å². The second kappa shape index (κ2) is 5.83. The van der Waals surface area contributed by atoms with Gasteiger partial charge in [0.1, 0.15) is 5.75 Å². The number of anilines is 1. The van der Waals surface area contributed by atoms with Crippen molar-refractivity contribution in [1.82, 2.24) is 5.32 Å². The molecule has 0 amide bonds. The molecule has 0 radical (unpaired) electrons. The van der Waals surface area contributed by atoms with Crippen LogP contribution in [0.1, 0.15) is 32.3 Å². The molecule has 1 aliphatic rings. The van der Waals surface area contributed by atoms with Gasteiger partial charge in [-0.15, -0.1) is 0 Å². The average molecular weight is 262 g/mol. The van der Waals surface area contributed by atoms with E-state index in [4.69, 9.17) is 4.74 Å². The molecule has 1 aromatic carbocycles. The molecule has 2 rings (SSSR count). The monoisotopic (exact) mass is 262 g/mol. The van der Waals surface area contributed by atoms with Crippen molar-refractivity contribution in [1.29, 1.82) is 0 Å². The van der Waals surface area contributed by atoms with Crippen LogP contribution in [0.5, 0.6) is 5.75 Å². The Hall–Kier alpha value is -1.22. The maximum Gasteiger partial charge on any atom is 0.121 e. The molecule has 1 N–H and O–H groups in total. The highest BCUT2D eigenvalue weighted by Gasteiger charge is 2.31. The van der Waals surface area contributed by atoms with Crippen molar-refractivity contribution < 1.29 is 4.74 Å². The summed E-state index contributed by atoms with van der Waals surface area (Å²) in [5.74, 6) is 0.969. The highest BCUT2D eigenvalue weighted by molar-refractivity contribution is 5.53. The first-order valence-electron chi connectivity index (χ1n) is 7.28. The van der Waals surface area contributed by atoms with E-state index in [9.17, 15) is 0 Å². The zero-order valence-corrected chi connectivity index (χ0v) is 12.6. The predicted octanol–water partition coefficient (Wildman–Crippen LogP) is 2.97. The molecule has 1 aromatic rings. The Kier molecular flexibility index (Phi) is 4.35. The predicted molar refractivity (Wildman–Crippen MR) is 81.3 cm³/mol. The molecule has 3 heteroatoms. The molecular weight excluding hydrogens is 236 g/mol. The van der Waals surface area contributed by atoms with Gasteiger partial charge in [0, 0.05) is 30.9 Å². The second-order valence-corrected chi connectivity index (χ2v) is 5.49. The van der Waals surface area contributed by atoms with Gasteiger partial charge in [0.05, 0.1) is 7.11 Å². The standard InChI is InChI=1S/C16H26N2O/c1-5-16(6-2)12-18(10-9-17-16)14-7-8-15(19-4)13(3)11-14/h7-8,11,17H,5-6,9-10,12H2,1-4H3. The van der Waals surface area contributed by atoms with E-state index in [2.05, 4.69) is 49.2 Å². The first kappa shape index (κ1) is 14.2. The lowest BCUT2D eigenvalue weighted by atomic mass is 9.90. The molecule has 0 bridgehead atoms. The number of nitrogens with one attached hydrogen (secondary N) is 1. The topological polar surface area (TPSA) is 24.5 Å². The van der Waals surface area contributed by atoms with Crippen molar-refractivity contribution in [3.8, 4) is 5.75 Å². The van der Waals surface area contributed by atoms with Gasteiger partial charge in [-0.2, -0.15) is 0 Å². The second-order valence-electron chi connectivity index (χ2n) is 5.49. The third-order valence-electron chi connectivity index (χ3n) is 4.47. The van der Waals surface area contributed by atoms with Crippen LogP contribution in [0.4, 0.5) is 5.69 Å². The Bertz CT molecular complexity index is 427. The Morgan fingerprint density at radius 2 is 2.05 bits per heavy atom. The number of piperazine rings is 1. The minimum absolute atomic E-state index is 0.270. The zero-order chi connectivity index (χ0) is 13.9. The van der Waals surface area contributed by atoms with Crippen LogP contribution in [-0.2, 0) is 0 Å². The molecule has 0 aliphatic carbocycles. The number of methoxy groups -OCH3 is 1. The molecule has 3 nitrogen and oxygen atoms in total. The first-order chi connectivity index (χ1) is 9.14. The number of hydrogen-bond donors (Lipinski definition) is 1. The molecule has 0 aromatic heterocycles. The number of hydrogen-bond acceptors (Lipinski definition) is 3. The Morgan fingerprint density at radius 3 is 2.63 bits per heavy atom. The Labute approximate surface area is 116 Å². The smallest absolute Gasteiger partial charge is 0.121 e. The van der Waals surface area contributed by atoms with Gasteiger partial charge in [-0.1, -0.05) is 13.8 Å². The van der Waals surface area contributed by atoms with Crippen LogP contribution in [0.2, 0.25) is 0 Å². The van der Waals surface area contributed by atoms with Gasteiger partial charge in [0.15, 0.2) is 0 Å². The van der Waals surface area contributed by atoms with Gasteiger partial charge in [0.25, 0.3) is 0 Å². The van der Waals surface area contributed by atoms with E-state index >= 15 is 0 Å². The van der Waals surface area contributed by atoms with Crippen molar-refractivity contribution in [2.45, 2.75) is 39.2 Å². The summed E-state index contributed by atoms with van der Waals surface area (Å²) in [6.07, 6.45) is 2.35. The normalized spacial score (nSPS) is 18.4. The van der Waals surface area contributed by atoms with Crippen molar-refractivity contribution in [2.24, 2.45) is 0 Å². The van der Waals surface area contributed by atoms with Crippen molar-refractivity contribution in [3.05, 3.63) is 23.8 Å². The molecule has 1 saturated heterocycles.